The number of nitrogens with one attached hydrogen (secondary N) is 1. The van der Waals surface area contributed by atoms with Crippen molar-refractivity contribution in [2.75, 3.05) is 17.3 Å². The molecular formula is C11H12N4O2S. The average molecular weight is 264 g/mol. The van der Waals surface area contributed by atoms with Crippen molar-refractivity contribution in [1.29, 1.82) is 0 Å². The van der Waals surface area contributed by atoms with Crippen LogP contribution < -0.4 is 11.1 Å². The third kappa shape index (κ3) is 2.95. The maximum atomic E-state index is 11.3. The Morgan fingerprint density at radius 2 is 1.67 bits per heavy atom. The van der Waals surface area contributed by atoms with Gasteiger partial charge in [-0.25, -0.2) is 18.4 Å². The number of nitrogens with two attached hydrogens (primary N) is 1. The number of hydrogen-bond acceptors (Lipinski definition) is 6. The van der Waals surface area contributed by atoms with Crippen LogP contribution in [0.2, 0.25) is 0 Å². The lowest BCUT2D eigenvalue weighted by atomic mass is 10.3. The zero-order chi connectivity index (χ0) is 13.2. The summed E-state index contributed by atoms with van der Waals surface area (Å²) in [4.78, 5) is 8.23. The van der Waals surface area contributed by atoms with Gasteiger partial charge >= 0.3 is 0 Å². The molecule has 0 saturated carbocycles. The molecule has 1 heterocycles. The molecule has 7 heteroatoms. The van der Waals surface area contributed by atoms with Gasteiger partial charge in [0.05, 0.1) is 23.0 Å². The number of benzene rings is 1. The summed E-state index contributed by atoms with van der Waals surface area (Å²) in [6, 6.07) is 6.34. The van der Waals surface area contributed by atoms with E-state index in [0.29, 0.717) is 17.3 Å². The fraction of sp³-hybridized carbons (Fsp3) is 0.0909. The molecule has 0 atom stereocenters. The Morgan fingerprint density at radius 1 is 1.11 bits per heavy atom. The smallest absolute Gasteiger partial charge is 0.227 e. The van der Waals surface area contributed by atoms with Crippen molar-refractivity contribution in [1.82, 2.24) is 9.97 Å². The number of anilines is 3. The van der Waals surface area contributed by atoms with Crippen LogP contribution in [0.1, 0.15) is 0 Å². The van der Waals surface area contributed by atoms with Gasteiger partial charge in [-0.3, -0.25) is 0 Å². The van der Waals surface area contributed by atoms with Crippen LogP contribution in [0.3, 0.4) is 0 Å². The van der Waals surface area contributed by atoms with Gasteiger partial charge in [0, 0.05) is 11.9 Å². The molecule has 2 aromatic rings. The highest BCUT2D eigenvalue weighted by molar-refractivity contribution is 7.90. The third-order valence-corrected chi connectivity index (χ3v) is 3.34. The lowest BCUT2D eigenvalue weighted by Crippen LogP contribution is -1.99. The Morgan fingerprint density at radius 3 is 2.17 bits per heavy atom. The van der Waals surface area contributed by atoms with E-state index >= 15 is 0 Å². The zero-order valence-electron chi connectivity index (χ0n) is 9.66. The number of rotatable bonds is 3. The molecule has 0 aliphatic rings. The number of aromatic nitrogens is 2. The van der Waals surface area contributed by atoms with E-state index in [1.54, 1.807) is 12.1 Å². The lowest BCUT2D eigenvalue weighted by Gasteiger charge is -2.05. The summed E-state index contributed by atoms with van der Waals surface area (Å²) in [5.74, 6) is 0.399. The molecule has 1 aromatic heterocycles. The molecule has 0 bridgehead atoms. The predicted molar refractivity (Wildman–Crippen MR) is 69.3 cm³/mol. The second kappa shape index (κ2) is 4.61. The van der Waals surface area contributed by atoms with Crippen molar-refractivity contribution in [3.05, 3.63) is 36.7 Å². The monoisotopic (exact) mass is 264 g/mol. The molecule has 94 valence electrons. The molecule has 6 nitrogen and oxygen atoms in total. The van der Waals surface area contributed by atoms with Gasteiger partial charge in [0.1, 0.15) is 0 Å². The van der Waals surface area contributed by atoms with E-state index in [1.165, 1.54) is 30.8 Å². The van der Waals surface area contributed by atoms with Gasteiger partial charge in [0.25, 0.3) is 0 Å². The van der Waals surface area contributed by atoms with Gasteiger partial charge in [-0.1, -0.05) is 0 Å². The Hall–Kier alpha value is -2.15. The maximum absolute atomic E-state index is 11.3. The molecule has 0 spiro atoms. The van der Waals surface area contributed by atoms with Crippen molar-refractivity contribution in [3.8, 4) is 0 Å². The molecule has 0 unspecified atom stereocenters. The second-order valence-electron chi connectivity index (χ2n) is 3.76. The van der Waals surface area contributed by atoms with E-state index in [4.69, 9.17) is 5.73 Å². The van der Waals surface area contributed by atoms with Gasteiger partial charge in [-0.2, -0.15) is 0 Å². The van der Waals surface area contributed by atoms with E-state index in [1.807, 2.05) is 0 Å². The van der Waals surface area contributed by atoms with Crippen LogP contribution in [-0.4, -0.2) is 24.6 Å². The van der Waals surface area contributed by atoms with Crippen LogP contribution >= 0.6 is 0 Å². The van der Waals surface area contributed by atoms with Gasteiger partial charge in [0.15, 0.2) is 9.84 Å². The van der Waals surface area contributed by atoms with Crippen LogP contribution in [0.4, 0.5) is 17.3 Å². The summed E-state index contributed by atoms with van der Waals surface area (Å²) < 4.78 is 22.6. The highest BCUT2D eigenvalue weighted by Gasteiger charge is 2.06. The highest BCUT2D eigenvalue weighted by Crippen LogP contribution is 2.16. The second-order valence-corrected chi connectivity index (χ2v) is 5.78. The van der Waals surface area contributed by atoms with E-state index in [9.17, 15) is 8.42 Å². The number of nitrogen functional groups attached to an aromatic ring is 1. The van der Waals surface area contributed by atoms with Gasteiger partial charge in [0.2, 0.25) is 5.95 Å². The molecule has 0 aliphatic carbocycles. The molecule has 1 aromatic carbocycles. The Balaban J connectivity index is 2.18. The van der Waals surface area contributed by atoms with E-state index in [0.717, 1.165) is 0 Å². The summed E-state index contributed by atoms with van der Waals surface area (Å²) in [7, 11) is -3.17. The minimum Gasteiger partial charge on any atom is -0.396 e. The predicted octanol–water partition coefficient (Wildman–Crippen LogP) is 1.21. The lowest BCUT2D eigenvalue weighted by molar-refractivity contribution is 0.602. The Bertz CT molecular complexity index is 636. The largest absolute Gasteiger partial charge is 0.396 e. The van der Waals surface area contributed by atoms with Gasteiger partial charge in [-0.15, -0.1) is 0 Å². The van der Waals surface area contributed by atoms with Crippen molar-refractivity contribution >= 4 is 27.2 Å². The molecular weight excluding hydrogens is 252 g/mol. The van der Waals surface area contributed by atoms with Crippen molar-refractivity contribution in [2.45, 2.75) is 4.90 Å². The summed E-state index contributed by atoms with van der Waals surface area (Å²) >= 11 is 0. The van der Waals surface area contributed by atoms with Crippen LogP contribution in [-0.2, 0) is 9.84 Å². The number of hydrogen-bond donors (Lipinski definition) is 2. The maximum Gasteiger partial charge on any atom is 0.227 e. The SMILES string of the molecule is CS(=O)(=O)c1ccc(Nc2ncc(N)cn2)cc1. The fourth-order valence-electron chi connectivity index (χ4n) is 1.32. The first-order chi connectivity index (χ1) is 8.45. The van der Waals surface area contributed by atoms with Crippen molar-refractivity contribution in [3.63, 3.8) is 0 Å². The topological polar surface area (TPSA) is 98.0 Å². The van der Waals surface area contributed by atoms with E-state index in [-0.39, 0.29) is 4.90 Å². The standard InChI is InChI=1S/C11H12N4O2S/c1-18(16,17)10-4-2-9(3-5-10)15-11-13-6-8(12)7-14-11/h2-7H,12H2,1H3,(H,13,14,15). The molecule has 18 heavy (non-hydrogen) atoms. The molecule has 0 saturated heterocycles. The number of sulfone groups is 1. The van der Waals surface area contributed by atoms with Crippen LogP contribution in [0.15, 0.2) is 41.6 Å². The fourth-order valence-corrected chi connectivity index (χ4v) is 1.95. The first-order valence-corrected chi connectivity index (χ1v) is 6.99. The van der Waals surface area contributed by atoms with Crippen molar-refractivity contribution < 1.29 is 8.42 Å². The summed E-state index contributed by atoms with van der Waals surface area (Å²) in [5.41, 5.74) is 6.65. The molecule has 3 N–H and O–H groups in total. The third-order valence-electron chi connectivity index (χ3n) is 2.21. The molecule has 0 aliphatic heterocycles. The van der Waals surface area contributed by atoms with Crippen LogP contribution in [0, 0.1) is 0 Å². The molecule has 0 fully saturated rings. The van der Waals surface area contributed by atoms with Gasteiger partial charge in [-0.05, 0) is 24.3 Å². The minimum absolute atomic E-state index is 0.270. The van der Waals surface area contributed by atoms with Crippen molar-refractivity contribution in [2.24, 2.45) is 0 Å². The normalized spacial score (nSPS) is 11.2. The van der Waals surface area contributed by atoms with E-state index in [2.05, 4.69) is 15.3 Å². The van der Waals surface area contributed by atoms with Crippen LogP contribution in [0.5, 0.6) is 0 Å². The molecule has 0 amide bonds. The van der Waals surface area contributed by atoms with Gasteiger partial charge < -0.3 is 11.1 Å². The average Bonchev–Trinajstić information content (AvgIpc) is 2.32. The molecule has 2 rings (SSSR count). The van der Waals surface area contributed by atoms with E-state index < -0.39 is 9.84 Å². The first-order valence-electron chi connectivity index (χ1n) is 5.10. The highest BCUT2D eigenvalue weighted by atomic mass is 32.2. The Labute approximate surface area is 105 Å². The summed E-state index contributed by atoms with van der Waals surface area (Å²) in [6.45, 7) is 0. The minimum atomic E-state index is -3.17. The number of nitrogens with zero attached hydrogens (tertiary/aromatic N) is 2. The zero-order valence-corrected chi connectivity index (χ0v) is 10.5. The Kier molecular flexibility index (Phi) is 3.15. The quantitative estimate of drug-likeness (QED) is 0.864. The van der Waals surface area contributed by atoms with Crippen LogP contribution in [0.25, 0.3) is 0 Å². The molecule has 0 radical (unpaired) electrons. The summed E-state index contributed by atoms with van der Waals surface area (Å²) in [5, 5.41) is 2.94. The first kappa shape index (κ1) is 12.3. The summed E-state index contributed by atoms with van der Waals surface area (Å²) in [6.07, 6.45) is 4.14.